The lowest BCUT2D eigenvalue weighted by Gasteiger charge is -2.20. The van der Waals surface area contributed by atoms with Crippen LogP contribution in [-0.4, -0.2) is 31.5 Å². The van der Waals surface area contributed by atoms with Crippen LogP contribution in [0.3, 0.4) is 0 Å². The molecule has 8 heteroatoms. The molecule has 4 N–H and O–H groups in total. The average Bonchev–Trinajstić information content (AvgIpc) is 2.46. The summed E-state index contributed by atoms with van der Waals surface area (Å²) in [4.78, 5) is 30.5. The van der Waals surface area contributed by atoms with Crippen molar-refractivity contribution in [1.29, 1.82) is 0 Å². The third-order valence-corrected chi connectivity index (χ3v) is 4.15. The van der Waals surface area contributed by atoms with E-state index in [0.29, 0.717) is 0 Å². The highest BCUT2D eigenvalue weighted by Gasteiger charge is 2.31. The van der Waals surface area contributed by atoms with Crippen LogP contribution >= 0.6 is 7.75 Å². The molecule has 2 unspecified atom stereocenters. The highest BCUT2D eigenvalue weighted by molar-refractivity contribution is 7.50. The fraction of sp³-hybridized carbons (Fsp3) is 0.250. The molecule has 1 aromatic carbocycles. The molecule has 7 nitrogen and oxygen atoms in total. The molecule has 1 aliphatic carbocycles. The normalized spacial score (nSPS) is 20.7. The van der Waals surface area contributed by atoms with E-state index in [1.54, 1.807) is 12.1 Å². The highest BCUT2D eigenvalue weighted by atomic mass is 31.2. The lowest BCUT2D eigenvalue weighted by molar-refractivity contribution is -0.121. The second-order valence-electron chi connectivity index (χ2n) is 5.58. The molecule has 2 atom stereocenters. The van der Waals surface area contributed by atoms with Gasteiger partial charge in [0.2, 0.25) is 0 Å². The van der Waals surface area contributed by atoms with Crippen LogP contribution in [0.25, 0.3) is 0 Å². The van der Waals surface area contributed by atoms with Gasteiger partial charge in [0.05, 0.1) is 5.71 Å². The van der Waals surface area contributed by atoms with Crippen molar-refractivity contribution in [3.63, 3.8) is 0 Å². The molecule has 2 rings (SSSR count). The Balaban J connectivity index is 2.21. The van der Waals surface area contributed by atoms with E-state index in [-0.39, 0.29) is 29.6 Å². The average molecular weight is 351 g/mol. The highest BCUT2D eigenvalue weighted by Crippen LogP contribution is 2.38. The number of Topliss-reactive ketones (excluding diaryl/α,β-unsaturated/α-hetero) is 1. The lowest BCUT2D eigenvalue weighted by atomic mass is 9.85. The SMILES string of the molecule is CC(CC(=O)C1C(O)=CC=C/C1=N\P(=O)(O)O)c1ccc(O)cc1. The second kappa shape index (κ2) is 7.13. The Morgan fingerprint density at radius 3 is 2.46 bits per heavy atom. The van der Waals surface area contributed by atoms with Gasteiger partial charge in [0, 0.05) is 6.42 Å². The van der Waals surface area contributed by atoms with E-state index >= 15 is 0 Å². The van der Waals surface area contributed by atoms with Crippen LogP contribution in [-0.2, 0) is 9.36 Å². The zero-order valence-electron chi connectivity index (χ0n) is 12.9. The number of ketones is 1. The van der Waals surface area contributed by atoms with Gasteiger partial charge in [-0.2, -0.15) is 4.76 Å². The van der Waals surface area contributed by atoms with Gasteiger partial charge in [-0.1, -0.05) is 25.1 Å². The summed E-state index contributed by atoms with van der Waals surface area (Å²) < 4.78 is 14.3. The Morgan fingerprint density at radius 1 is 1.25 bits per heavy atom. The lowest BCUT2D eigenvalue weighted by Crippen LogP contribution is -2.27. The summed E-state index contributed by atoms with van der Waals surface area (Å²) in [6.07, 6.45) is 4.01. The first-order valence-corrected chi connectivity index (χ1v) is 8.78. The van der Waals surface area contributed by atoms with Gasteiger partial charge in [0.1, 0.15) is 23.2 Å². The summed E-state index contributed by atoms with van der Waals surface area (Å²) >= 11 is 0. The van der Waals surface area contributed by atoms with Crippen molar-refractivity contribution in [3.8, 4) is 5.75 Å². The summed E-state index contributed by atoms with van der Waals surface area (Å²) in [5.74, 6) is -1.98. The molecule has 1 aliphatic rings. The van der Waals surface area contributed by atoms with E-state index in [0.717, 1.165) is 5.56 Å². The van der Waals surface area contributed by atoms with E-state index < -0.39 is 19.4 Å². The van der Waals surface area contributed by atoms with Crippen LogP contribution in [0.15, 0.2) is 53.0 Å². The van der Waals surface area contributed by atoms with Gasteiger partial charge in [-0.25, -0.2) is 4.57 Å². The smallest absolute Gasteiger partial charge is 0.448 e. The molecule has 128 valence electrons. The Bertz CT molecular complexity index is 759. The van der Waals surface area contributed by atoms with Gasteiger partial charge in [-0.15, -0.1) is 0 Å². The van der Waals surface area contributed by atoms with Gasteiger partial charge in [0.15, 0.2) is 0 Å². The van der Waals surface area contributed by atoms with Crippen LogP contribution in [0.4, 0.5) is 0 Å². The number of phenolic OH excluding ortho intramolecular Hbond substituents is 1. The molecule has 0 aliphatic heterocycles. The second-order valence-corrected chi connectivity index (χ2v) is 6.81. The minimum atomic E-state index is -4.72. The van der Waals surface area contributed by atoms with Crippen LogP contribution in [0.2, 0.25) is 0 Å². The number of hydrogen-bond acceptors (Lipinski definition) is 4. The van der Waals surface area contributed by atoms with Crippen molar-refractivity contribution in [3.05, 3.63) is 53.8 Å². The summed E-state index contributed by atoms with van der Waals surface area (Å²) in [7, 11) is -4.72. The van der Waals surface area contributed by atoms with Crippen molar-refractivity contribution < 1.29 is 29.4 Å². The van der Waals surface area contributed by atoms with Gasteiger partial charge < -0.3 is 20.0 Å². The summed E-state index contributed by atoms with van der Waals surface area (Å²) in [6.45, 7) is 1.81. The van der Waals surface area contributed by atoms with Crippen molar-refractivity contribution in [1.82, 2.24) is 0 Å². The maximum Gasteiger partial charge on any atom is 0.448 e. The Kier molecular flexibility index (Phi) is 5.39. The standard InChI is InChI=1S/C16H18NO6P/c1-10(11-5-7-12(18)8-6-11)9-15(20)16-13(17-24(21,22)23)3-2-4-14(16)19/h2-8,10,16,18-19H,9H2,1H3,(H2,21,22,23)/b17-13+. The largest absolute Gasteiger partial charge is 0.511 e. The summed E-state index contributed by atoms with van der Waals surface area (Å²) in [5.41, 5.74) is 0.663. The van der Waals surface area contributed by atoms with Crippen LogP contribution < -0.4 is 0 Å². The molecule has 0 amide bonds. The molecule has 0 radical (unpaired) electrons. The number of benzene rings is 1. The maximum absolute atomic E-state index is 12.5. The zero-order valence-corrected chi connectivity index (χ0v) is 13.8. The van der Waals surface area contributed by atoms with Crippen molar-refractivity contribution in [2.24, 2.45) is 10.7 Å². The van der Waals surface area contributed by atoms with Gasteiger partial charge in [0.25, 0.3) is 0 Å². The molecule has 24 heavy (non-hydrogen) atoms. The third-order valence-electron chi connectivity index (χ3n) is 3.66. The van der Waals surface area contributed by atoms with Crippen molar-refractivity contribution in [2.45, 2.75) is 19.3 Å². The van der Waals surface area contributed by atoms with Gasteiger partial charge >= 0.3 is 7.75 Å². The van der Waals surface area contributed by atoms with Crippen molar-refractivity contribution >= 4 is 19.2 Å². The molecule has 0 aromatic heterocycles. The predicted octanol–water partition coefficient (Wildman–Crippen LogP) is 2.62. The Morgan fingerprint density at radius 2 is 1.88 bits per heavy atom. The maximum atomic E-state index is 12.5. The first-order chi connectivity index (χ1) is 11.2. The van der Waals surface area contributed by atoms with Gasteiger partial charge in [-0.05, 0) is 35.8 Å². The van der Waals surface area contributed by atoms with E-state index in [4.69, 9.17) is 9.79 Å². The fourth-order valence-electron chi connectivity index (χ4n) is 2.50. The number of aliphatic hydroxyl groups excluding tert-OH is 1. The summed E-state index contributed by atoms with van der Waals surface area (Å²) in [5, 5.41) is 19.2. The van der Waals surface area contributed by atoms with Crippen LogP contribution in [0, 0.1) is 5.92 Å². The number of allylic oxidation sites excluding steroid dienone is 4. The molecule has 0 saturated carbocycles. The monoisotopic (exact) mass is 351 g/mol. The Hall–Kier alpha value is -2.21. The number of phenols is 1. The van der Waals surface area contributed by atoms with E-state index in [2.05, 4.69) is 4.76 Å². The topological polar surface area (TPSA) is 127 Å². The first-order valence-electron chi connectivity index (χ1n) is 7.22. The first kappa shape index (κ1) is 18.1. The Labute approximate surface area is 138 Å². The quantitative estimate of drug-likeness (QED) is 0.604. The molecule has 0 spiro atoms. The molecule has 1 aromatic rings. The van der Waals surface area contributed by atoms with E-state index in [1.807, 2.05) is 6.92 Å². The molecule has 0 bridgehead atoms. The van der Waals surface area contributed by atoms with E-state index in [9.17, 15) is 19.6 Å². The van der Waals surface area contributed by atoms with E-state index in [1.165, 1.54) is 30.4 Å². The number of aromatic hydroxyl groups is 1. The molecular weight excluding hydrogens is 333 g/mol. The molecular formula is C16H18NO6P. The van der Waals surface area contributed by atoms with Gasteiger partial charge in [-0.3, -0.25) is 4.79 Å². The number of aliphatic hydroxyl groups is 1. The third kappa shape index (κ3) is 4.64. The molecule has 0 saturated heterocycles. The minimum Gasteiger partial charge on any atom is -0.511 e. The molecule has 0 heterocycles. The number of hydrogen-bond donors (Lipinski definition) is 4. The summed E-state index contributed by atoms with van der Waals surface area (Å²) in [6, 6.07) is 6.40. The fourth-order valence-corrected chi connectivity index (χ4v) is 2.98. The predicted molar refractivity (Wildman–Crippen MR) is 89.0 cm³/mol. The minimum absolute atomic E-state index is 0.0430. The van der Waals surface area contributed by atoms with Crippen molar-refractivity contribution in [2.75, 3.05) is 0 Å². The van der Waals surface area contributed by atoms with Crippen LogP contribution in [0.1, 0.15) is 24.8 Å². The number of carbonyl (C=O) groups is 1. The van der Waals surface area contributed by atoms with Crippen LogP contribution in [0.5, 0.6) is 5.75 Å². The number of rotatable bonds is 5. The molecule has 0 fully saturated rings. The number of carbonyl (C=O) groups excluding carboxylic acids is 1. The zero-order chi connectivity index (χ0) is 17.9. The number of nitrogens with zero attached hydrogens (tertiary/aromatic N) is 1.